The highest BCUT2D eigenvalue weighted by molar-refractivity contribution is 6.06. The molecule has 0 unspecified atom stereocenters. The predicted molar refractivity (Wildman–Crippen MR) is 116 cm³/mol. The van der Waals surface area contributed by atoms with Gasteiger partial charge in [0, 0.05) is 11.4 Å². The van der Waals surface area contributed by atoms with Gasteiger partial charge in [0.2, 0.25) is 5.91 Å². The predicted octanol–water partition coefficient (Wildman–Crippen LogP) is 5.41. The van der Waals surface area contributed by atoms with Crippen LogP contribution in [0.3, 0.4) is 0 Å². The normalized spacial score (nSPS) is 16.5. The first-order valence-corrected chi connectivity index (χ1v) is 9.84. The molecule has 1 heterocycles. The Hall–Kier alpha value is -3.17. The molecule has 4 aromatic rings. The molecule has 1 saturated heterocycles. The summed E-state index contributed by atoms with van der Waals surface area (Å²) in [5.41, 5.74) is 1.82. The molecule has 0 bridgehead atoms. The van der Waals surface area contributed by atoms with Crippen LogP contribution in [0.5, 0.6) is 0 Å². The Bertz CT molecular complexity index is 1080. The fraction of sp³-hybridized carbons (Fsp3) is 0.160. The van der Waals surface area contributed by atoms with E-state index in [0.717, 1.165) is 41.5 Å². The second kappa shape index (κ2) is 7.10. The fourth-order valence-electron chi connectivity index (χ4n) is 4.09. The minimum absolute atomic E-state index is 0.114. The van der Waals surface area contributed by atoms with E-state index in [-0.39, 0.29) is 11.9 Å². The SMILES string of the molecule is O=C([C@H]1CCCN1)N(c1ccc2ccccc2c1)c1ccc2ccccc2c1. The van der Waals surface area contributed by atoms with Gasteiger partial charge in [0.05, 0.1) is 6.04 Å². The van der Waals surface area contributed by atoms with Crippen LogP contribution in [0.25, 0.3) is 21.5 Å². The summed E-state index contributed by atoms with van der Waals surface area (Å²) >= 11 is 0. The van der Waals surface area contributed by atoms with Crippen LogP contribution in [-0.4, -0.2) is 18.5 Å². The van der Waals surface area contributed by atoms with E-state index in [2.05, 4.69) is 53.8 Å². The topological polar surface area (TPSA) is 32.3 Å². The molecule has 0 aliphatic carbocycles. The Balaban J connectivity index is 1.65. The highest BCUT2D eigenvalue weighted by Gasteiger charge is 2.29. The Labute approximate surface area is 164 Å². The Morgan fingerprint density at radius 3 is 1.79 bits per heavy atom. The van der Waals surface area contributed by atoms with Crippen LogP contribution in [0.4, 0.5) is 11.4 Å². The fourth-order valence-corrected chi connectivity index (χ4v) is 4.09. The summed E-state index contributed by atoms with van der Waals surface area (Å²) in [5.74, 6) is 0.114. The van der Waals surface area contributed by atoms with Crippen LogP contribution < -0.4 is 10.2 Å². The van der Waals surface area contributed by atoms with Crippen LogP contribution in [0.2, 0.25) is 0 Å². The summed E-state index contributed by atoms with van der Waals surface area (Å²) in [6.07, 6.45) is 1.93. The third kappa shape index (κ3) is 3.04. The number of anilines is 2. The average molecular weight is 366 g/mol. The zero-order chi connectivity index (χ0) is 18.9. The summed E-state index contributed by atoms with van der Waals surface area (Å²) in [7, 11) is 0. The molecule has 1 fully saturated rings. The highest BCUT2D eigenvalue weighted by Crippen LogP contribution is 2.32. The molecule has 28 heavy (non-hydrogen) atoms. The van der Waals surface area contributed by atoms with Crippen molar-refractivity contribution in [2.45, 2.75) is 18.9 Å². The maximum atomic E-state index is 13.5. The monoisotopic (exact) mass is 366 g/mol. The van der Waals surface area contributed by atoms with Gasteiger partial charge in [-0.2, -0.15) is 0 Å². The molecule has 1 aliphatic rings. The van der Waals surface area contributed by atoms with Gasteiger partial charge in [-0.25, -0.2) is 0 Å². The zero-order valence-corrected chi connectivity index (χ0v) is 15.6. The number of amides is 1. The maximum Gasteiger partial charge on any atom is 0.248 e. The molecule has 0 radical (unpaired) electrons. The van der Waals surface area contributed by atoms with E-state index < -0.39 is 0 Å². The van der Waals surface area contributed by atoms with Crippen LogP contribution in [0.1, 0.15) is 12.8 Å². The van der Waals surface area contributed by atoms with Crippen molar-refractivity contribution in [2.75, 3.05) is 11.4 Å². The number of nitrogens with zero attached hydrogens (tertiary/aromatic N) is 1. The molecule has 138 valence electrons. The Morgan fingerprint density at radius 2 is 1.29 bits per heavy atom. The average Bonchev–Trinajstić information content (AvgIpc) is 3.29. The van der Waals surface area contributed by atoms with Gasteiger partial charge in [-0.1, -0.05) is 60.7 Å². The molecule has 5 rings (SSSR count). The molecule has 1 amide bonds. The molecule has 0 aromatic heterocycles. The molecule has 0 spiro atoms. The smallest absolute Gasteiger partial charge is 0.248 e. The van der Waals surface area contributed by atoms with E-state index >= 15 is 0 Å². The van der Waals surface area contributed by atoms with E-state index in [1.807, 2.05) is 41.3 Å². The number of fused-ring (bicyclic) bond motifs is 2. The lowest BCUT2D eigenvalue weighted by atomic mass is 10.1. The first-order chi connectivity index (χ1) is 13.8. The lowest BCUT2D eigenvalue weighted by Gasteiger charge is -2.26. The van der Waals surface area contributed by atoms with Gasteiger partial charge in [0.15, 0.2) is 0 Å². The van der Waals surface area contributed by atoms with Gasteiger partial charge in [-0.3, -0.25) is 9.69 Å². The maximum absolute atomic E-state index is 13.5. The quantitative estimate of drug-likeness (QED) is 0.526. The largest absolute Gasteiger partial charge is 0.306 e. The molecule has 4 aromatic carbocycles. The Morgan fingerprint density at radius 1 is 0.750 bits per heavy atom. The van der Waals surface area contributed by atoms with Gasteiger partial charge >= 0.3 is 0 Å². The molecule has 3 nitrogen and oxygen atoms in total. The lowest BCUT2D eigenvalue weighted by Crippen LogP contribution is -2.41. The molecule has 1 aliphatic heterocycles. The van der Waals surface area contributed by atoms with E-state index in [9.17, 15) is 4.79 Å². The van der Waals surface area contributed by atoms with Gasteiger partial charge in [0.25, 0.3) is 0 Å². The number of nitrogens with one attached hydrogen (secondary N) is 1. The number of carbonyl (C=O) groups excluding carboxylic acids is 1. The highest BCUT2D eigenvalue weighted by atomic mass is 16.2. The van der Waals surface area contributed by atoms with Crippen molar-refractivity contribution < 1.29 is 4.79 Å². The summed E-state index contributed by atoms with van der Waals surface area (Å²) in [4.78, 5) is 15.4. The molecule has 0 saturated carbocycles. The zero-order valence-electron chi connectivity index (χ0n) is 15.6. The summed E-state index contributed by atoms with van der Waals surface area (Å²) in [5, 5.41) is 7.99. The second-order valence-corrected chi connectivity index (χ2v) is 7.39. The van der Waals surface area contributed by atoms with Crippen LogP contribution in [0, 0.1) is 0 Å². The van der Waals surface area contributed by atoms with Gasteiger partial charge in [-0.05, 0) is 65.2 Å². The van der Waals surface area contributed by atoms with E-state index in [0.29, 0.717) is 0 Å². The lowest BCUT2D eigenvalue weighted by molar-refractivity contribution is -0.119. The van der Waals surface area contributed by atoms with Crippen molar-refractivity contribution in [2.24, 2.45) is 0 Å². The Kier molecular flexibility index (Phi) is 4.30. The van der Waals surface area contributed by atoms with Gasteiger partial charge in [0.1, 0.15) is 0 Å². The van der Waals surface area contributed by atoms with Crippen molar-refractivity contribution in [3.8, 4) is 0 Å². The van der Waals surface area contributed by atoms with Crippen molar-refractivity contribution in [1.29, 1.82) is 0 Å². The summed E-state index contributed by atoms with van der Waals surface area (Å²) in [6.45, 7) is 0.902. The minimum Gasteiger partial charge on any atom is -0.306 e. The van der Waals surface area contributed by atoms with E-state index in [1.165, 1.54) is 10.8 Å². The third-order valence-corrected chi connectivity index (χ3v) is 5.56. The number of hydrogen-bond donors (Lipinski definition) is 1. The van der Waals surface area contributed by atoms with Crippen molar-refractivity contribution in [3.63, 3.8) is 0 Å². The third-order valence-electron chi connectivity index (χ3n) is 5.56. The van der Waals surface area contributed by atoms with Crippen molar-refractivity contribution >= 4 is 38.8 Å². The minimum atomic E-state index is -0.127. The van der Waals surface area contributed by atoms with Crippen LogP contribution in [-0.2, 0) is 4.79 Å². The van der Waals surface area contributed by atoms with Gasteiger partial charge < -0.3 is 5.32 Å². The van der Waals surface area contributed by atoms with Crippen LogP contribution in [0.15, 0.2) is 84.9 Å². The van der Waals surface area contributed by atoms with E-state index in [1.54, 1.807) is 0 Å². The summed E-state index contributed by atoms with van der Waals surface area (Å²) in [6, 6.07) is 28.9. The molecule has 1 N–H and O–H groups in total. The molecular formula is C25H22N2O. The number of carbonyl (C=O) groups is 1. The van der Waals surface area contributed by atoms with Crippen molar-refractivity contribution in [1.82, 2.24) is 5.32 Å². The van der Waals surface area contributed by atoms with Gasteiger partial charge in [-0.15, -0.1) is 0 Å². The number of hydrogen-bond acceptors (Lipinski definition) is 2. The number of rotatable bonds is 3. The molecule has 1 atom stereocenters. The second-order valence-electron chi connectivity index (χ2n) is 7.39. The summed E-state index contributed by atoms with van der Waals surface area (Å²) < 4.78 is 0. The molecule has 3 heteroatoms. The standard InChI is InChI=1S/C25H22N2O/c28-25(24-10-5-15-26-24)27(22-13-11-18-6-1-3-8-20(18)16-22)23-14-12-19-7-2-4-9-21(19)17-23/h1-4,6-9,11-14,16-17,24,26H,5,10,15H2/t24-/m1/s1. The van der Waals surface area contributed by atoms with E-state index in [4.69, 9.17) is 0 Å². The number of benzene rings is 4. The first-order valence-electron chi connectivity index (χ1n) is 9.84. The van der Waals surface area contributed by atoms with Crippen molar-refractivity contribution in [3.05, 3.63) is 84.9 Å². The first kappa shape index (κ1) is 17.0. The van der Waals surface area contributed by atoms with Crippen LogP contribution >= 0.6 is 0 Å². The molecular weight excluding hydrogens is 344 g/mol.